The van der Waals surface area contributed by atoms with E-state index in [4.69, 9.17) is 0 Å². The SMILES string of the molecule is O=C1c2ccccc2[C@](Cc2ccccc2I)(C(=O)NC2CC2)[C@H](c2ccc(CO)cc2)N1Cc1ccccc1C(F)(F)F. The lowest BCUT2D eigenvalue weighted by molar-refractivity contribution is -0.139. The number of carbonyl (C=O) groups excluding carboxylic acids is 2. The van der Waals surface area contributed by atoms with Crippen LogP contribution in [0.2, 0.25) is 0 Å². The Morgan fingerprint density at radius 2 is 1.55 bits per heavy atom. The molecule has 2 N–H and O–H groups in total. The maximum absolute atomic E-state index is 14.8. The van der Waals surface area contributed by atoms with Gasteiger partial charge in [0.1, 0.15) is 5.41 Å². The fraction of sp³-hybridized carbons (Fsp3) is 0.257. The lowest BCUT2D eigenvalue weighted by Gasteiger charge is -2.50. The molecule has 0 radical (unpaired) electrons. The Morgan fingerprint density at radius 1 is 0.909 bits per heavy atom. The van der Waals surface area contributed by atoms with Gasteiger partial charge in [-0.1, -0.05) is 78.9 Å². The summed E-state index contributed by atoms with van der Waals surface area (Å²) >= 11 is 2.23. The summed E-state index contributed by atoms with van der Waals surface area (Å²) in [6, 6.07) is 25.9. The van der Waals surface area contributed by atoms with Gasteiger partial charge in [-0.05, 0) is 87.9 Å². The van der Waals surface area contributed by atoms with Crippen molar-refractivity contribution in [3.63, 3.8) is 0 Å². The second-order valence-corrected chi connectivity index (χ2v) is 12.6. The number of carbonyl (C=O) groups is 2. The smallest absolute Gasteiger partial charge is 0.392 e. The molecule has 4 aromatic rings. The summed E-state index contributed by atoms with van der Waals surface area (Å²) in [6.45, 7) is -0.565. The molecular weight excluding hydrogens is 680 g/mol. The van der Waals surface area contributed by atoms with Gasteiger partial charge in [-0.2, -0.15) is 13.2 Å². The van der Waals surface area contributed by atoms with E-state index in [-0.39, 0.29) is 42.6 Å². The summed E-state index contributed by atoms with van der Waals surface area (Å²) in [5.74, 6) is -0.726. The standard InChI is InChI=1S/C35H30F3IN2O3/c36-35(37,38)28-10-4-1-8-25(28)20-41-31(23-15-13-22(21-42)14-16-23)34(33(44)40-26-17-18-26,19-24-7-2-6-12-30(24)39)29-11-5-3-9-27(29)32(41)43/h1-16,26,31,42H,17-21H2,(H,40,44)/t31-,34-/m0/s1. The van der Waals surface area contributed by atoms with Crippen LogP contribution in [-0.2, 0) is 36.0 Å². The lowest BCUT2D eigenvalue weighted by atomic mass is 9.63. The van der Waals surface area contributed by atoms with E-state index in [9.17, 15) is 27.9 Å². The van der Waals surface area contributed by atoms with Gasteiger partial charge in [0.05, 0.1) is 18.2 Å². The predicted octanol–water partition coefficient (Wildman–Crippen LogP) is 6.96. The lowest BCUT2D eigenvalue weighted by Crippen LogP contribution is -2.60. The van der Waals surface area contributed by atoms with Crippen molar-refractivity contribution in [1.82, 2.24) is 10.2 Å². The minimum Gasteiger partial charge on any atom is -0.392 e. The molecule has 0 saturated heterocycles. The third kappa shape index (κ3) is 5.63. The molecule has 1 heterocycles. The minimum absolute atomic E-state index is 0.00386. The number of halogens is 4. The molecule has 1 saturated carbocycles. The van der Waals surface area contributed by atoms with Crippen molar-refractivity contribution in [3.05, 3.63) is 140 Å². The first-order chi connectivity index (χ1) is 21.1. The van der Waals surface area contributed by atoms with E-state index in [0.717, 1.165) is 28.0 Å². The maximum Gasteiger partial charge on any atom is 0.416 e. The van der Waals surface area contributed by atoms with Gasteiger partial charge in [0.15, 0.2) is 0 Å². The normalized spacial score (nSPS) is 19.9. The quantitative estimate of drug-likeness (QED) is 0.195. The number of nitrogens with one attached hydrogen (secondary N) is 1. The molecule has 2 atom stereocenters. The van der Waals surface area contributed by atoms with Crippen molar-refractivity contribution in [1.29, 1.82) is 0 Å². The van der Waals surface area contributed by atoms with Crippen molar-refractivity contribution < 1.29 is 27.9 Å². The molecule has 5 nitrogen and oxygen atoms in total. The number of aliphatic hydroxyl groups is 1. The van der Waals surface area contributed by atoms with Crippen molar-refractivity contribution in [2.45, 2.75) is 56.1 Å². The van der Waals surface area contributed by atoms with Crippen LogP contribution >= 0.6 is 22.6 Å². The van der Waals surface area contributed by atoms with Crippen LogP contribution in [0.3, 0.4) is 0 Å². The summed E-state index contributed by atoms with van der Waals surface area (Å²) in [4.78, 5) is 30.7. The molecule has 226 valence electrons. The summed E-state index contributed by atoms with van der Waals surface area (Å²) in [7, 11) is 0. The molecule has 1 aliphatic carbocycles. The average Bonchev–Trinajstić information content (AvgIpc) is 3.84. The second kappa shape index (κ2) is 12.0. The van der Waals surface area contributed by atoms with Gasteiger partial charge >= 0.3 is 6.18 Å². The van der Waals surface area contributed by atoms with Crippen LogP contribution in [0, 0.1) is 3.57 Å². The maximum atomic E-state index is 14.8. The highest BCUT2D eigenvalue weighted by Crippen LogP contribution is 2.51. The largest absolute Gasteiger partial charge is 0.416 e. The molecular formula is C35H30F3IN2O3. The molecule has 6 rings (SSSR count). The van der Waals surface area contributed by atoms with E-state index in [1.807, 2.05) is 24.3 Å². The minimum atomic E-state index is -4.63. The third-order valence-corrected chi connectivity index (χ3v) is 9.62. The summed E-state index contributed by atoms with van der Waals surface area (Å²) in [5, 5.41) is 13.0. The fourth-order valence-corrected chi connectivity index (χ4v) is 6.88. The molecule has 0 unspecified atom stereocenters. The van der Waals surface area contributed by atoms with Gasteiger partial charge in [0, 0.05) is 21.7 Å². The molecule has 0 spiro atoms. The highest BCUT2D eigenvalue weighted by molar-refractivity contribution is 14.1. The van der Waals surface area contributed by atoms with Crippen molar-refractivity contribution in [2.24, 2.45) is 0 Å². The molecule has 4 aromatic carbocycles. The van der Waals surface area contributed by atoms with Crippen LogP contribution in [-0.4, -0.2) is 27.9 Å². The Hall–Kier alpha value is -3.70. The molecule has 0 bridgehead atoms. The zero-order valence-corrected chi connectivity index (χ0v) is 25.8. The van der Waals surface area contributed by atoms with Gasteiger partial charge in [-0.15, -0.1) is 0 Å². The molecule has 1 fully saturated rings. The number of nitrogens with zero attached hydrogens (tertiary/aromatic N) is 1. The number of aliphatic hydroxyl groups excluding tert-OH is 1. The Bertz CT molecular complexity index is 1700. The first kappa shape index (κ1) is 30.3. The van der Waals surface area contributed by atoms with Crippen LogP contribution in [0.25, 0.3) is 0 Å². The van der Waals surface area contributed by atoms with Gasteiger partial charge in [0.2, 0.25) is 5.91 Å². The Balaban J connectivity index is 1.64. The highest BCUT2D eigenvalue weighted by atomic mass is 127. The van der Waals surface area contributed by atoms with Crippen LogP contribution in [0.15, 0.2) is 97.1 Å². The van der Waals surface area contributed by atoms with Gasteiger partial charge in [-0.3, -0.25) is 9.59 Å². The topological polar surface area (TPSA) is 69.6 Å². The molecule has 2 aliphatic rings. The number of fused-ring (bicyclic) bond motifs is 1. The summed E-state index contributed by atoms with van der Waals surface area (Å²) in [6.07, 6.45) is -2.75. The van der Waals surface area contributed by atoms with E-state index >= 15 is 0 Å². The Labute approximate surface area is 267 Å². The van der Waals surface area contributed by atoms with Gasteiger partial charge < -0.3 is 15.3 Å². The average molecular weight is 711 g/mol. The van der Waals surface area contributed by atoms with Crippen molar-refractivity contribution in [2.75, 3.05) is 0 Å². The number of benzene rings is 4. The number of hydrogen-bond donors (Lipinski definition) is 2. The first-order valence-electron chi connectivity index (χ1n) is 14.4. The van der Waals surface area contributed by atoms with E-state index in [1.54, 1.807) is 48.5 Å². The van der Waals surface area contributed by atoms with Gasteiger partial charge in [0.25, 0.3) is 5.91 Å². The highest BCUT2D eigenvalue weighted by Gasteiger charge is 2.57. The Morgan fingerprint density at radius 3 is 2.20 bits per heavy atom. The predicted molar refractivity (Wildman–Crippen MR) is 169 cm³/mol. The van der Waals surface area contributed by atoms with E-state index in [1.165, 1.54) is 23.1 Å². The van der Waals surface area contributed by atoms with Crippen molar-refractivity contribution in [3.8, 4) is 0 Å². The van der Waals surface area contributed by atoms with E-state index in [2.05, 4.69) is 27.9 Å². The molecule has 44 heavy (non-hydrogen) atoms. The third-order valence-electron chi connectivity index (χ3n) is 8.56. The number of alkyl halides is 3. The van der Waals surface area contributed by atoms with E-state index < -0.39 is 29.1 Å². The van der Waals surface area contributed by atoms with Crippen LogP contribution in [0.4, 0.5) is 13.2 Å². The van der Waals surface area contributed by atoms with E-state index in [0.29, 0.717) is 16.7 Å². The zero-order chi connectivity index (χ0) is 31.1. The number of rotatable bonds is 8. The van der Waals surface area contributed by atoms with Crippen LogP contribution in [0.1, 0.15) is 62.6 Å². The molecule has 9 heteroatoms. The van der Waals surface area contributed by atoms with Crippen molar-refractivity contribution >= 4 is 34.4 Å². The van der Waals surface area contributed by atoms with Gasteiger partial charge in [-0.25, -0.2) is 0 Å². The monoisotopic (exact) mass is 710 g/mol. The van der Waals surface area contributed by atoms with Crippen LogP contribution < -0.4 is 5.32 Å². The molecule has 0 aromatic heterocycles. The number of amides is 2. The zero-order valence-electron chi connectivity index (χ0n) is 23.7. The van der Waals surface area contributed by atoms with Crippen LogP contribution in [0.5, 0.6) is 0 Å². The fourth-order valence-electron chi connectivity index (χ4n) is 6.30. The summed E-state index contributed by atoms with van der Waals surface area (Å²) in [5.41, 5.74) is 0.666. The molecule has 1 aliphatic heterocycles. The molecule has 2 amide bonds. The Kier molecular flexibility index (Phi) is 8.27. The summed E-state index contributed by atoms with van der Waals surface area (Å²) < 4.78 is 43.6. The second-order valence-electron chi connectivity index (χ2n) is 11.4. The first-order valence-corrected chi connectivity index (χ1v) is 15.5. The number of hydrogen-bond acceptors (Lipinski definition) is 3.